The van der Waals surface area contributed by atoms with Crippen molar-refractivity contribution in [3.63, 3.8) is 0 Å². The van der Waals surface area contributed by atoms with Crippen LogP contribution in [0.2, 0.25) is 0 Å². The van der Waals surface area contributed by atoms with Gasteiger partial charge in [-0.1, -0.05) is 34.0 Å². The second kappa shape index (κ2) is 6.63. The molecule has 2 atom stereocenters. The minimum absolute atomic E-state index is 0.408. The molecule has 1 aliphatic carbocycles. The summed E-state index contributed by atoms with van der Waals surface area (Å²) in [5.41, 5.74) is 1.37. The molecule has 0 radical (unpaired) electrons. The van der Waals surface area contributed by atoms with Crippen molar-refractivity contribution < 1.29 is 0 Å². The van der Waals surface area contributed by atoms with E-state index in [0.717, 1.165) is 23.4 Å². The smallest absolute Gasteiger partial charge is 0.192 e. The average molecular weight is 320 g/mol. The van der Waals surface area contributed by atoms with Gasteiger partial charge in [0, 0.05) is 23.0 Å². The van der Waals surface area contributed by atoms with Gasteiger partial charge in [-0.3, -0.25) is 0 Å². The number of nitrogens with zero attached hydrogens (tertiary/aromatic N) is 1. The van der Waals surface area contributed by atoms with Gasteiger partial charge < -0.3 is 10.6 Å². The summed E-state index contributed by atoms with van der Waals surface area (Å²) in [6.07, 6.45) is 6.38. The van der Waals surface area contributed by atoms with Gasteiger partial charge in [0.25, 0.3) is 0 Å². The van der Waals surface area contributed by atoms with Gasteiger partial charge in [0.15, 0.2) is 5.96 Å². The van der Waals surface area contributed by atoms with Crippen molar-refractivity contribution in [3.8, 4) is 12.3 Å². The molecule has 4 heteroatoms. The molecule has 1 aromatic carbocycles. The minimum Gasteiger partial charge on any atom is -0.357 e. The summed E-state index contributed by atoms with van der Waals surface area (Å²) < 4.78 is 1.12. The molecule has 0 saturated heterocycles. The van der Waals surface area contributed by atoms with Crippen LogP contribution >= 0.6 is 15.9 Å². The molecule has 0 bridgehead atoms. The lowest BCUT2D eigenvalue weighted by Gasteiger charge is -2.10. The van der Waals surface area contributed by atoms with E-state index in [2.05, 4.69) is 61.7 Å². The molecular weight excluding hydrogens is 302 g/mol. The first-order valence-corrected chi connectivity index (χ1v) is 7.27. The first-order chi connectivity index (χ1) is 9.24. The van der Waals surface area contributed by atoms with Crippen molar-refractivity contribution in [2.45, 2.75) is 25.3 Å². The molecular formula is C15H18BrN3. The highest BCUT2D eigenvalue weighted by Gasteiger charge is 2.38. The SMILES string of the molecule is C#CCN=C(NCC)NC1CC1c1ccc(Br)cc1. The predicted octanol–water partition coefficient (Wildman–Crippen LogP) is 2.49. The molecule has 1 fully saturated rings. The Morgan fingerprint density at radius 2 is 2.21 bits per heavy atom. The maximum Gasteiger partial charge on any atom is 0.192 e. The first kappa shape index (κ1) is 14.0. The van der Waals surface area contributed by atoms with Crippen LogP contribution in [-0.4, -0.2) is 25.1 Å². The summed E-state index contributed by atoms with van der Waals surface area (Å²) in [5.74, 6) is 3.91. The molecule has 0 aromatic heterocycles. The largest absolute Gasteiger partial charge is 0.357 e. The highest BCUT2D eigenvalue weighted by atomic mass is 79.9. The van der Waals surface area contributed by atoms with E-state index in [1.54, 1.807) is 0 Å². The third kappa shape index (κ3) is 4.00. The molecule has 1 saturated carbocycles. The van der Waals surface area contributed by atoms with E-state index in [1.807, 2.05) is 6.92 Å². The molecule has 1 aliphatic rings. The Morgan fingerprint density at radius 3 is 2.84 bits per heavy atom. The number of guanidine groups is 1. The van der Waals surface area contributed by atoms with Crippen molar-refractivity contribution in [1.29, 1.82) is 0 Å². The Morgan fingerprint density at radius 1 is 1.47 bits per heavy atom. The Balaban J connectivity index is 1.91. The number of rotatable bonds is 4. The molecule has 100 valence electrons. The van der Waals surface area contributed by atoms with Crippen LogP contribution in [0.15, 0.2) is 33.7 Å². The first-order valence-electron chi connectivity index (χ1n) is 6.48. The van der Waals surface area contributed by atoms with E-state index >= 15 is 0 Å². The Labute approximate surface area is 123 Å². The van der Waals surface area contributed by atoms with Gasteiger partial charge in [0.05, 0.1) is 0 Å². The number of aliphatic imine (C=N–C) groups is 1. The van der Waals surface area contributed by atoms with Crippen molar-refractivity contribution in [2.75, 3.05) is 13.1 Å². The van der Waals surface area contributed by atoms with Gasteiger partial charge in [0.1, 0.15) is 6.54 Å². The summed E-state index contributed by atoms with van der Waals surface area (Å²) in [4.78, 5) is 4.31. The number of nitrogens with one attached hydrogen (secondary N) is 2. The summed E-state index contributed by atoms with van der Waals surface area (Å²) in [6, 6.07) is 8.96. The molecule has 2 rings (SSSR count). The van der Waals surface area contributed by atoms with Gasteiger partial charge in [-0.05, 0) is 31.0 Å². The highest BCUT2D eigenvalue weighted by molar-refractivity contribution is 9.10. The van der Waals surface area contributed by atoms with E-state index in [-0.39, 0.29) is 0 Å². The monoisotopic (exact) mass is 319 g/mol. The molecule has 2 N–H and O–H groups in total. The zero-order valence-corrected chi connectivity index (χ0v) is 12.6. The molecule has 0 aliphatic heterocycles. The lowest BCUT2D eigenvalue weighted by molar-refractivity contribution is 0.803. The summed E-state index contributed by atoms with van der Waals surface area (Å²) >= 11 is 3.46. The van der Waals surface area contributed by atoms with Crippen molar-refractivity contribution >= 4 is 21.9 Å². The van der Waals surface area contributed by atoms with Crippen LogP contribution in [0.3, 0.4) is 0 Å². The number of hydrogen-bond acceptors (Lipinski definition) is 1. The molecule has 0 heterocycles. The van der Waals surface area contributed by atoms with E-state index < -0.39 is 0 Å². The normalized spacial score (nSPS) is 21.6. The quantitative estimate of drug-likeness (QED) is 0.508. The second-order valence-corrected chi connectivity index (χ2v) is 5.46. The fourth-order valence-corrected chi connectivity index (χ4v) is 2.32. The van der Waals surface area contributed by atoms with Crippen LogP contribution in [0.5, 0.6) is 0 Å². The third-order valence-electron chi connectivity index (χ3n) is 3.08. The Kier molecular flexibility index (Phi) is 4.86. The van der Waals surface area contributed by atoms with Gasteiger partial charge in [-0.15, -0.1) is 6.42 Å². The molecule has 2 unspecified atom stereocenters. The molecule has 0 amide bonds. The topological polar surface area (TPSA) is 36.4 Å². The van der Waals surface area contributed by atoms with E-state index in [0.29, 0.717) is 18.5 Å². The molecule has 19 heavy (non-hydrogen) atoms. The number of benzene rings is 1. The van der Waals surface area contributed by atoms with Crippen molar-refractivity contribution in [2.24, 2.45) is 4.99 Å². The second-order valence-electron chi connectivity index (χ2n) is 4.54. The summed E-state index contributed by atoms with van der Waals surface area (Å²) in [5, 5.41) is 6.63. The van der Waals surface area contributed by atoms with Gasteiger partial charge >= 0.3 is 0 Å². The van der Waals surface area contributed by atoms with Crippen molar-refractivity contribution in [3.05, 3.63) is 34.3 Å². The average Bonchev–Trinajstić information content (AvgIpc) is 3.16. The van der Waals surface area contributed by atoms with Crippen LogP contribution in [0.4, 0.5) is 0 Å². The van der Waals surface area contributed by atoms with Crippen LogP contribution in [0.1, 0.15) is 24.8 Å². The number of halogens is 1. The zero-order valence-electron chi connectivity index (χ0n) is 11.0. The highest BCUT2D eigenvalue weighted by Crippen LogP contribution is 2.40. The number of hydrogen-bond donors (Lipinski definition) is 2. The molecule has 1 aromatic rings. The maximum absolute atomic E-state index is 5.23. The van der Waals surface area contributed by atoms with Crippen LogP contribution in [-0.2, 0) is 0 Å². The van der Waals surface area contributed by atoms with Gasteiger partial charge in [-0.25, -0.2) is 4.99 Å². The predicted molar refractivity (Wildman–Crippen MR) is 83.2 cm³/mol. The van der Waals surface area contributed by atoms with Crippen molar-refractivity contribution in [1.82, 2.24) is 10.6 Å². The maximum atomic E-state index is 5.23. The van der Waals surface area contributed by atoms with Crippen LogP contribution < -0.4 is 10.6 Å². The van der Waals surface area contributed by atoms with E-state index in [4.69, 9.17) is 6.42 Å². The zero-order chi connectivity index (χ0) is 13.7. The summed E-state index contributed by atoms with van der Waals surface area (Å²) in [7, 11) is 0. The van der Waals surface area contributed by atoms with Crippen LogP contribution in [0, 0.1) is 12.3 Å². The standard InChI is InChI=1S/C15H18BrN3/c1-3-9-18-15(17-4-2)19-14-10-13(14)11-5-7-12(16)8-6-11/h1,5-8,13-14H,4,9-10H2,2H3,(H2,17,18,19). The minimum atomic E-state index is 0.408. The van der Waals surface area contributed by atoms with Gasteiger partial charge in [0.2, 0.25) is 0 Å². The fourth-order valence-electron chi connectivity index (χ4n) is 2.05. The number of terminal acetylenes is 1. The van der Waals surface area contributed by atoms with E-state index in [9.17, 15) is 0 Å². The van der Waals surface area contributed by atoms with Crippen LogP contribution in [0.25, 0.3) is 0 Å². The van der Waals surface area contributed by atoms with Gasteiger partial charge in [-0.2, -0.15) is 0 Å². The molecule has 3 nitrogen and oxygen atoms in total. The lowest BCUT2D eigenvalue weighted by Crippen LogP contribution is -2.39. The molecule has 0 spiro atoms. The Bertz CT molecular complexity index is 487. The Hall–Kier alpha value is -1.47. The fraction of sp³-hybridized carbons (Fsp3) is 0.400. The lowest BCUT2D eigenvalue weighted by atomic mass is 10.1. The third-order valence-corrected chi connectivity index (χ3v) is 3.61. The summed E-state index contributed by atoms with van der Waals surface area (Å²) in [6.45, 7) is 3.29. The van der Waals surface area contributed by atoms with E-state index in [1.165, 1.54) is 5.56 Å².